The highest BCUT2D eigenvalue weighted by Gasteiger charge is 2.50. The first-order valence-electron chi connectivity index (χ1n) is 15.9. The van der Waals surface area contributed by atoms with Crippen LogP contribution in [0, 0.1) is 10.1 Å². The summed E-state index contributed by atoms with van der Waals surface area (Å²) in [7, 11) is -4.20. The minimum atomic E-state index is -4.20. The number of likely N-dealkylation sites (tertiary alicyclic amines) is 1. The number of benzene rings is 5. The highest BCUT2D eigenvalue weighted by molar-refractivity contribution is 9.10. The van der Waals surface area contributed by atoms with Crippen LogP contribution in [0.1, 0.15) is 28.2 Å². The highest BCUT2D eigenvalue weighted by atomic mass is 79.9. The van der Waals surface area contributed by atoms with Gasteiger partial charge in [0.15, 0.2) is 4.90 Å². The van der Waals surface area contributed by atoms with Gasteiger partial charge in [-0.1, -0.05) is 137 Å². The summed E-state index contributed by atoms with van der Waals surface area (Å²) in [6, 6.07) is 43.4. The lowest BCUT2D eigenvalue weighted by atomic mass is 9.74. The summed E-state index contributed by atoms with van der Waals surface area (Å²) >= 11 is 3.54. The van der Waals surface area contributed by atoms with Crippen molar-refractivity contribution in [2.75, 3.05) is 19.7 Å². The second kappa shape index (κ2) is 15.0. The number of halogens is 1. The third-order valence-corrected chi connectivity index (χ3v) is 11.1. The third-order valence-electron chi connectivity index (χ3n) is 9.12. The van der Waals surface area contributed by atoms with Crippen LogP contribution in [-0.4, -0.2) is 50.0 Å². The Morgan fingerprint density at radius 3 is 1.82 bits per heavy atom. The van der Waals surface area contributed by atoms with E-state index in [9.17, 15) is 18.5 Å². The molecule has 1 aliphatic heterocycles. The van der Waals surface area contributed by atoms with E-state index in [1.165, 1.54) is 24.3 Å². The maximum absolute atomic E-state index is 13.5. The molecular weight excluding hydrogens is 702 g/mol. The van der Waals surface area contributed by atoms with Gasteiger partial charge in [0, 0.05) is 41.6 Å². The first kappa shape index (κ1) is 34.4. The molecule has 3 atom stereocenters. The third kappa shape index (κ3) is 7.01. The molecule has 0 saturated carbocycles. The second-order valence-electron chi connectivity index (χ2n) is 11.9. The van der Waals surface area contributed by atoms with Gasteiger partial charge in [-0.3, -0.25) is 15.0 Å². The summed E-state index contributed by atoms with van der Waals surface area (Å²) in [5.41, 5.74) is 2.56. The average molecular weight is 739 g/mol. The fraction of sp³-hybridized carbons (Fsp3) is 0.179. The first-order valence-corrected chi connectivity index (χ1v) is 18.2. The van der Waals surface area contributed by atoms with Crippen LogP contribution in [0.2, 0.25) is 0 Å². The average Bonchev–Trinajstić information content (AvgIpc) is 3.13. The monoisotopic (exact) mass is 737 g/mol. The quantitative estimate of drug-likeness (QED) is 0.0544. The standard InChI is InChI=1S/C39H36BrN3O5S/c1-2-26-42-35(27-41-49(46,47)37-21-13-12-20-34(37)43(44)45)38(29-22-24-33(40)25-23-29)36(42)28-48-39(30-14-6-3-7-15-30,31-16-8-4-9-17-31)32-18-10-5-11-19-32/h2-25,35-36,38,41H,1,26-28H2/t35-,36+,38-/m1/s1. The predicted octanol–water partition coefficient (Wildman–Crippen LogP) is 7.67. The Morgan fingerprint density at radius 1 is 0.796 bits per heavy atom. The van der Waals surface area contributed by atoms with E-state index in [1.54, 1.807) is 6.08 Å². The van der Waals surface area contributed by atoms with Crippen LogP contribution in [-0.2, 0) is 20.4 Å². The number of nitrogens with zero attached hydrogens (tertiary/aromatic N) is 2. The van der Waals surface area contributed by atoms with Gasteiger partial charge in [0.05, 0.1) is 11.5 Å². The number of sulfonamides is 1. The summed E-state index contributed by atoms with van der Waals surface area (Å²) in [6.07, 6.45) is 1.80. The van der Waals surface area contributed by atoms with Crippen molar-refractivity contribution in [3.8, 4) is 0 Å². The molecule has 49 heavy (non-hydrogen) atoms. The Hall–Kier alpha value is -4.45. The molecule has 1 N–H and O–H groups in total. The topological polar surface area (TPSA) is 102 Å². The zero-order valence-electron chi connectivity index (χ0n) is 26.6. The summed E-state index contributed by atoms with van der Waals surface area (Å²) < 4.78 is 37.8. The molecule has 250 valence electrons. The van der Waals surface area contributed by atoms with Crippen LogP contribution in [0.4, 0.5) is 5.69 Å². The summed E-state index contributed by atoms with van der Waals surface area (Å²) in [4.78, 5) is 12.8. The number of nitro groups is 1. The molecule has 1 saturated heterocycles. The number of nitro benzene ring substituents is 1. The zero-order chi connectivity index (χ0) is 34.4. The molecule has 1 aliphatic rings. The number of ether oxygens (including phenoxy) is 1. The Bertz CT molecular complexity index is 1900. The minimum Gasteiger partial charge on any atom is -0.359 e. The lowest BCUT2D eigenvalue weighted by molar-refractivity contribution is -0.387. The number of para-hydroxylation sites is 1. The fourth-order valence-electron chi connectivity index (χ4n) is 6.89. The Kier molecular flexibility index (Phi) is 10.5. The van der Waals surface area contributed by atoms with Crippen molar-refractivity contribution >= 4 is 31.6 Å². The molecular formula is C39H36BrN3O5S. The molecule has 1 heterocycles. The zero-order valence-corrected chi connectivity index (χ0v) is 29.0. The largest absolute Gasteiger partial charge is 0.359 e. The lowest BCUT2D eigenvalue weighted by Crippen LogP contribution is -2.67. The maximum Gasteiger partial charge on any atom is 0.289 e. The molecule has 0 aliphatic carbocycles. The van der Waals surface area contributed by atoms with Crippen molar-refractivity contribution in [2.45, 2.75) is 28.5 Å². The molecule has 0 bridgehead atoms. The van der Waals surface area contributed by atoms with Crippen LogP contribution in [0.3, 0.4) is 0 Å². The van der Waals surface area contributed by atoms with Crippen molar-refractivity contribution in [3.63, 3.8) is 0 Å². The Balaban J connectivity index is 1.38. The van der Waals surface area contributed by atoms with E-state index in [0.29, 0.717) is 13.2 Å². The van der Waals surface area contributed by atoms with Crippen LogP contribution in [0.5, 0.6) is 0 Å². The number of hydrogen-bond donors (Lipinski definition) is 1. The SMILES string of the molecule is C=CCN1[C@H](CNS(=O)(=O)c2ccccc2[N+](=O)[O-])[C@@H](c2ccc(Br)cc2)[C@@H]1COC(c1ccccc1)(c1ccccc1)c1ccccc1. The normalized spacial score (nSPS) is 18.0. The maximum atomic E-state index is 13.5. The van der Waals surface area contributed by atoms with E-state index in [2.05, 4.69) is 68.5 Å². The minimum absolute atomic E-state index is 0.0284. The molecule has 0 spiro atoms. The predicted molar refractivity (Wildman–Crippen MR) is 195 cm³/mol. The first-order chi connectivity index (χ1) is 23.8. The molecule has 5 aromatic carbocycles. The number of hydrogen-bond acceptors (Lipinski definition) is 6. The van der Waals surface area contributed by atoms with Gasteiger partial charge in [-0.2, -0.15) is 0 Å². The van der Waals surface area contributed by atoms with Gasteiger partial charge in [0.25, 0.3) is 5.69 Å². The van der Waals surface area contributed by atoms with E-state index < -0.39 is 26.2 Å². The van der Waals surface area contributed by atoms with Crippen LogP contribution >= 0.6 is 15.9 Å². The molecule has 6 rings (SSSR count). The van der Waals surface area contributed by atoms with Crippen molar-refractivity contribution in [3.05, 3.63) is 189 Å². The Morgan fingerprint density at radius 2 is 1.31 bits per heavy atom. The van der Waals surface area contributed by atoms with Gasteiger partial charge in [0.1, 0.15) is 5.60 Å². The van der Waals surface area contributed by atoms with Gasteiger partial charge in [-0.05, 0) is 40.5 Å². The van der Waals surface area contributed by atoms with Crippen molar-refractivity contribution in [2.24, 2.45) is 0 Å². The molecule has 0 amide bonds. The summed E-state index contributed by atoms with van der Waals surface area (Å²) in [5, 5.41) is 11.7. The van der Waals surface area contributed by atoms with Gasteiger partial charge < -0.3 is 4.74 Å². The second-order valence-corrected chi connectivity index (χ2v) is 14.5. The summed E-state index contributed by atoms with van der Waals surface area (Å²) in [6.45, 7) is 4.81. The van der Waals surface area contributed by atoms with Crippen molar-refractivity contribution in [1.29, 1.82) is 0 Å². The highest BCUT2D eigenvalue weighted by Crippen LogP contribution is 2.45. The van der Waals surface area contributed by atoms with Gasteiger partial charge in [-0.25, -0.2) is 13.1 Å². The molecule has 0 unspecified atom stereocenters. The smallest absolute Gasteiger partial charge is 0.289 e. The van der Waals surface area contributed by atoms with Gasteiger partial charge in [-0.15, -0.1) is 6.58 Å². The molecule has 1 fully saturated rings. The number of nitrogens with one attached hydrogen (secondary N) is 1. The van der Waals surface area contributed by atoms with E-state index in [0.717, 1.165) is 26.7 Å². The van der Waals surface area contributed by atoms with E-state index in [-0.39, 0.29) is 29.4 Å². The van der Waals surface area contributed by atoms with E-state index >= 15 is 0 Å². The van der Waals surface area contributed by atoms with Crippen LogP contribution in [0.25, 0.3) is 0 Å². The Labute approximate surface area is 295 Å². The van der Waals surface area contributed by atoms with Crippen molar-refractivity contribution < 1.29 is 18.1 Å². The number of rotatable bonds is 14. The molecule has 0 radical (unpaired) electrons. The lowest BCUT2D eigenvalue weighted by Gasteiger charge is -2.56. The molecule has 5 aromatic rings. The van der Waals surface area contributed by atoms with Gasteiger partial charge >= 0.3 is 0 Å². The fourth-order valence-corrected chi connectivity index (χ4v) is 8.38. The molecule has 8 nitrogen and oxygen atoms in total. The van der Waals surface area contributed by atoms with Gasteiger partial charge in [0.2, 0.25) is 10.0 Å². The van der Waals surface area contributed by atoms with Crippen LogP contribution < -0.4 is 4.72 Å². The van der Waals surface area contributed by atoms with E-state index in [1.807, 2.05) is 78.9 Å². The summed E-state index contributed by atoms with van der Waals surface area (Å²) in [5.74, 6) is -0.137. The van der Waals surface area contributed by atoms with Crippen molar-refractivity contribution in [1.82, 2.24) is 9.62 Å². The van der Waals surface area contributed by atoms with E-state index in [4.69, 9.17) is 4.74 Å². The molecule has 0 aromatic heterocycles. The van der Waals surface area contributed by atoms with Crippen LogP contribution in [0.15, 0.2) is 162 Å². The molecule has 10 heteroatoms.